The van der Waals surface area contributed by atoms with Crippen molar-refractivity contribution in [3.8, 4) is 0 Å². The topological polar surface area (TPSA) is 117 Å². The summed E-state index contributed by atoms with van der Waals surface area (Å²) in [7, 11) is 0. The molecule has 7 heteroatoms. The Balaban J connectivity index is 2.85. The van der Waals surface area contributed by atoms with E-state index < -0.39 is 12.1 Å². The van der Waals surface area contributed by atoms with Gasteiger partial charge in [-0.25, -0.2) is 4.79 Å². The fourth-order valence-electron chi connectivity index (χ4n) is 0.884. The van der Waals surface area contributed by atoms with Crippen molar-refractivity contribution in [2.45, 2.75) is 13.0 Å². The highest BCUT2D eigenvalue weighted by Gasteiger charge is 2.14. The summed E-state index contributed by atoms with van der Waals surface area (Å²) in [6, 6.07) is 0. The highest BCUT2D eigenvalue weighted by molar-refractivity contribution is 5.81. The van der Waals surface area contributed by atoms with Crippen molar-refractivity contribution in [3.63, 3.8) is 0 Å². The Hall–Kier alpha value is -2.18. The highest BCUT2D eigenvalue weighted by Crippen LogP contribution is 2.13. The van der Waals surface area contributed by atoms with E-state index in [0.29, 0.717) is 0 Å². The van der Waals surface area contributed by atoms with Crippen LogP contribution in [0.5, 0.6) is 0 Å². The molecule has 0 aliphatic heterocycles. The molecule has 0 amide bonds. The van der Waals surface area contributed by atoms with Crippen molar-refractivity contribution >= 4 is 17.9 Å². The Morgan fingerprint density at radius 2 is 1.93 bits per heavy atom. The summed E-state index contributed by atoms with van der Waals surface area (Å²) in [5.41, 5.74) is 10.7. The van der Waals surface area contributed by atoms with Gasteiger partial charge in [-0.3, -0.25) is 0 Å². The molecule has 0 saturated heterocycles. The number of anilines is 2. The van der Waals surface area contributed by atoms with Crippen molar-refractivity contribution < 1.29 is 9.53 Å². The Morgan fingerprint density at radius 1 is 1.40 bits per heavy atom. The van der Waals surface area contributed by atoms with Crippen LogP contribution >= 0.6 is 0 Å². The minimum Gasteiger partial charge on any atom is -0.451 e. The van der Waals surface area contributed by atoms with Gasteiger partial charge in [-0.05, 0) is 6.92 Å². The van der Waals surface area contributed by atoms with Crippen molar-refractivity contribution in [3.05, 3.63) is 18.5 Å². The molecule has 1 unspecified atom stereocenters. The molecule has 7 nitrogen and oxygen atoms in total. The first-order chi connectivity index (χ1) is 7.02. The molecular formula is C8H11N5O2. The molecule has 0 aromatic carbocycles. The number of hydrogen-bond donors (Lipinski definition) is 2. The third-order valence-corrected chi connectivity index (χ3v) is 1.51. The van der Waals surface area contributed by atoms with Gasteiger partial charge in [-0.2, -0.15) is 15.0 Å². The van der Waals surface area contributed by atoms with Gasteiger partial charge in [0.15, 0.2) is 11.9 Å². The first-order valence-corrected chi connectivity index (χ1v) is 4.13. The molecule has 0 fully saturated rings. The lowest BCUT2D eigenvalue weighted by atomic mass is 10.4. The van der Waals surface area contributed by atoms with E-state index in [0.717, 1.165) is 6.08 Å². The zero-order valence-corrected chi connectivity index (χ0v) is 8.17. The van der Waals surface area contributed by atoms with E-state index in [-0.39, 0.29) is 17.7 Å². The summed E-state index contributed by atoms with van der Waals surface area (Å²) in [5.74, 6) is -0.395. The van der Waals surface area contributed by atoms with Crippen LogP contribution < -0.4 is 11.5 Å². The second-order valence-electron chi connectivity index (χ2n) is 2.69. The summed E-state index contributed by atoms with van der Waals surface area (Å²) in [5, 5.41) is 0. The van der Waals surface area contributed by atoms with Gasteiger partial charge in [0.2, 0.25) is 11.9 Å². The first-order valence-electron chi connectivity index (χ1n) is 4.13. The molecule has 80 valence electrons. The molecule has 0 radical (unpaired) electrons. The van der Waals surface area contributed by atoms with Gasteiger partial charge in [0.1, 0.15) is 0 Å². The zero-order valence-electron chi connectivity index (χ0n) is 8.17. The van der Waals surface area contributed by atoms with Gasteiger partial charge in [0.05, 0.1) is 0 Å². The van der Waals surface area contributed by atoms with Crippen molar-refractivity contribution in [2.24, 2.45) is 0 Å². The van der Waals surface area contributed by atoms with Crippen LogP contribution in [-0.2, 0) is 9.53 Å². The predicted octanol–water partition coefficient (Wildman–Crippen LogP) is -0.174. The number of aromatic nitrogens is 3. The number of carbonyl (C=O) groups is 1. The summed E-state index contributed by atoms with van der Waals surface area (Å²) >= 11 is 0. The van der Waals surface area contributed by atoms with Crippen LogP contribution in [0.4, 0.5) is 11.9 Å². The Kier molecular flexibility index (Phi) is 3.17. The Morgan fingerprint density at radius 3 is 2.40 bits per heavy atom. The van der Waals surface area contributed by atoms with Crippen molar-refractivity contribution in [1.29, 1.82) is 0 Å². The summed E-state index contributed by atoms with van der Waals surface area (Å²) in [4.78, 5) is 22.1. The van der Waals surface area contributed by atoms with E-state index in [2.05, 4.69) is 21.5 Å². The molecule has 15 heavy (non-hydrogen) atoms. The number of nitrogen functional groups attached to an aromatic ring is 2. The molecule has 0 spiro atoms. The lowest BCUT2D eigenvalue weighted by Crippen LogP contribution is -2.13. The standard InChI is InChI=1S/C8H11N5O2/c1-3-5(14)15-4(2)6-11-7(9)13-8(10)12-6/h3-4H,1H2,2H3,(H4,9,10,11,12,13). The first kappa shape index (κ1) is 10.9. The van der Waals surface area contributed by atoms with Crippen molar-refractivity contribution in [2.75, 3.05) is 11.5 Å². The minimum atomic E-state index is -0.650. The third-order valence-electron chi connectivity index (χ3n) is 1.51. The average molecular weight is 209 g/mol. The van der Waals surface area contributed by atoms with Gasteiger partial charge in [-0.1, -0.05) is 6.58 Å². The van der Waals surface area contributed by atoms with E-state index in [1.807, 2.05) is 0 Å². The Labute approximate surface area is 86.2 Å². The fraction of sp³-hybridized carbons (Fsp3) is 0.250. The zero-order chi connectivity index (χ0) is 11.4. The molecule has 1 aromatic rings. The second kappa shape index (κ2) is 4.36. The number of esters is 1. The van der Waals surface area contributed by atoms with Gasteiger partial charge in [-0.15, -0.1) is 0 Å². The average Bonchev–Trinajstić information content (AvgIpc) is 2.16. The molecule has 4 N–H and O–H groups in total. The van der Waals surface area contributed by atoms with Crippen LogP contribution in [0, 0.1) is 0 Å². The van der Waals surface area contributed by atoms with Gasteiger partial charge < -0.3 is 16.2 Å². The van der Waals surface area contributed by atoms with Crippen molar-refractivity contribution in [1.82, 2.24) is 15.0 Å². The van der Waals surface area contributed by atoms with Gasteiger partial charge >= 0.3 is 5.97 Å². The molecule has 1 rings (SSSR count). The van der Waals surface area contributed by atoms with Gasteiger partial charge in [0, 0.05) is 6.08 Å². The van der Waals surface area contributed by atoms with Crippen LogP contribution in [0.3, 0.4) is 0 Å². The quantitative estimate of drug-likeness (QED) is 0.524. The van der Waals surface area contributed by atoms with E-state index in [9.17, 15) is 4.79 Å². The summed E-state index contributed by atoms with van der Waals surface area (Å²) in [6.07, 6.45) is 0.396. The maximum absolute atomic E-state index is 10.9. The lowest BCUT2D eigenvalue weighted by molar-refractivity contribution is -0.142. The fourth-order valence-corrected chi connectivity index (χ4v) is 0.884. The molecule has 0 bridgehead atoms. The highest BCUT2D eigenvalue weighted by atomic mass is 16.5. The number of rotatable bonds is 3. The van der Waals surface area contributed by atoms with E-state index in [1.54, 1.807) is 6.92 Å². The molecule has 0 saturated carbocycles. The normalized spacial score (nSPS) is 11.8. The number of nitrogens with two attached hydrogens (primary N) is 2. The van der Waals surface area contributed by atoms with Crippen LogP contribution in [0.15, 0.2) is 12.7 Å². The van der Waals surface area contributed by atoms with Gasteiger partial charge in [0.25, 0.3) is 0 Å². The molecule has 0 aliphatic carbocycles. The van der Waals surface area contributed by atoms with E-state index in [4.69, 9.17) is 16.2 Å². The molecular weight excluding hydrogens is 198 g/mol. The van der Waals surface area contributed by atoms with Crippen LogP contribution in [0.25, 0.3) is 0 Å². The summed E-state index contributed by atoms with van der Waals surface area (Å²) < 4.78 is 4.87. The molecule has 1 atom stereocenters. The number of carbonyl (C=O) groups excluding carboxylic acids is 1. The lowest BCUT2D eigenvalue weighted by Gasteiger charge is -2.10. The SMILES string of the molecule is C=CC(=O)OC(C)c1nc(N)nc(N)n1. The molecule has 1 aromatic heterocycles. The Bertz CT molecular complexity index is 372. The van der Waals surface area contributed by atoms with E-state index in [1.165, 1.54) is 0 Å². The maximum Gasteiger partial charge on any atom is 0.330 e. The predicted molar refractivity (Wildman–Crippen MR) is 53.4 cm³/mol. The molecule has 0 aliphatic rings. The monoisotopic (exact) mass is 209 g/mol. The van der Waals surface area contributed by atoms with Crippen LogP contribution in [0.2, 0.25) is 0 Å². The number of ether oxygens (including phenoxy) is 1. The summed E-state index contributed by atoms with van der Waals surface area (Å²) in [6.45, 7) is 4.86. The minimum absolute atomic E-state index is 0.0148. The number of hydrogen-bond acceptors (Lipinski definition) is 7. The van der Waals surface area contributed by atoms with E-state index >= 15 is 0 Å². The third kappa shape index (κ3) is 2.90. The molecule has 1 heterocycles. The maximum atomic E-state index is 10.9. The van der Waals surface area contributed by atoms with Crippen LogP contribution in [-0.4, -0.2) is 20.9 Å². The van der Waals surface area contributed by atoms with Crippen LogP contribution in [0.1, 0.15) is 18.9 Å². The second-order valence-corrected chi connectivity index (χ2v) is 2.69. The smallest absolute Gasteiger partial charge is 0.330 e. The number of nitrogens with zero attached hydrogens (tertiary/aromatic N) is 3. The largest absolute Gasteiger partial charge is 0.451 e.